The van der Waals surface area contributed by atoms with Gasteiger partial charge in [-0.3, -0.25) is 19.3 Å². The molecule has 0 aromatic rings. The highest BCUT2D eigenvalue weighted by atomic mass is 16.4. The first-order valence-electron chi connectivity index (χ1n) is 12.6. The molecule has 0 spiro atoms. The highest BCUT2D eigenvalue weighted by molar-refractivity contribution is 5.79. The fourth-order valence-electron chi connectivity index (χ4n) is 3.25. The van der Waals surface area contributed by atoms with Gasteiger partial charge in [0, 0.05) is 13.3 Å². The monoisotopic (exact) mass is 459 g/mol. The number of amides is 2. The maximum Gasteiger partial charge on any atom is 0.303 e. The summed E-state index contributed by atoms with van der Waals surface area (Å²) in [6.07, 6.45) is 17.3. The van der Waals surface area contributed by atoms with E-state index in [1.807, 2.05) is 25.7 Å². The first-order valence-corrected chi connectivity index (χ1v) is 12.6. The van der Waals surface area contributed by atoms with Crippen molar-refractivity contribution in [2.45, 2.75) is 131 Å². The fraction of sp³-hybridized carbons (Fsp3) is 0.880. The molecule has 1 atom stereocenters. The van der Waals surface area contributed by atoms with Crippen molar-refractivity contribution in [3.05, 3.63) is 0 Å². The predicted molar refractivity (Wildman–Crippen MR) is 134 cm³/mol. The van der Waals surface area contributed by atoms with Crippen molar-refractivity contribution in [3.63, 3.8) is 0 Å². The van der Waals surface area contributed by atoms with Gasteiger partial charge in [-0.25, -0.2) is 0 Å². The SMILES string of the molecule is CC(N)=O.CCCCCCCCCCCCCCCC(=O)O.CCN(CC)C(C)C(N)=O. The number of carboxylic acid groups (broad SMARTS) is 1. The van der Waals surface area contributed by atoms with E-state index >= 15 is 0 Å². The van der Waals surface area contributed by atoms with Crippen LogP contribution in [0.15, 0.2) is 0 Å². The fourth-order valence-corrected chi connectivity index (χ4v) is 3.25. The van der Waals surface area contributed by atoms with E-state index < -0.39 is 5.97 Å². The van der Waals surface area contributed by atoms with Crippen molar-refractivity contribution >= 4 is 17.8 Å². The highest BCUT2D eigenvalue weighted by Gasteiger charge is 2.14. The van der Waals surface area contributed by atoms with Crippen molar-refractivity contribution in [2.24, 2.45) is 11.5 Å². The van der Waals surface area contributed by atoms with Gasteiger partial charge in [0.15, 0.2) is 0 Å². The van der Waals surface area contributed by atoms with Crippen LogP contribution in [-0.2, 0) is 14.4 Å². The third-order valence-electron chi connectivity index (χ3n) is 5.27. The van der Waals surface area contributed by atoms with Gasteiger partial charge in [0.25, 0.3) is 0 Å². The van der Waals surface area contributed by atoms with E-state index in [0.29, 0.717) is 6.42 Å². The molecule has 192 valence electrons. The van der Waals surface area contributed by atoms with Crippen molar-refractivity contribution in [2.75, 3.05) is 13.1 Å². The normalized spacial score (nSPS) is 11.1. The molecule has 0 saturated heterocycles. The number of aliphatic carboxylic acids is 1. The van der Waals surface area contributed by atoms with E-state index in [9.17, 15) is 14.4 Å². The molecular formula is C25H53N3O4. The molecule has 7 nitrogen and oxygen atoms in total. The van der Waals surface area contributed by atoms with Crippen LogP contribution < -0.4 is 11.5 Å². The van der Waals surface area contributed by atoms with Gasteiger partial charge in [0.05, 0.1) is 6.04 Å². The Labute approximate surface area is 197 Å². The lowest BCUT2D eigenvalue weighted by Gasteiger charge is -2.22. The number of nitrogens with zero attached hydrogens (tertiary/aromatic N) is 1. The van der Waals surface area contributed by atoms with Gasteiger partial charge in [0.1, 0.15) is 0 Å². The van der Waals surface area contributed by atoms with Crippen LogP contribution in [0.5, 0.6) is 0 Å². The van der Waals surface area contributed by atoms with Crippen molar-refractivity contribution < 1.29 is 19.5 Å². The summed E-state index contributed by atoms with van der Waals surface area (Å²) in [6.45, 7) is 11.2. The van der Waals surface area contributed by atoms with Gasteiger partial charge in [-0.15, -0.1) is 0 Å². The Morgan fingerprint density at radius 2 is 1.03 bits per heavy atom. The Morgan fingerprint density at radius 3 is 1.25 bits per heavy atom. The molecule has 32 heavy (non-hydrogen) atoms. The Bertz CT molecular complexity index is 437. The molecule has 7 heteroatoms. The minimum atomic E-state index is -0.655. The number of likely N-dealkylation sites (N-methyl/N-ethyl adjacent to an activating group) is 1. The lowest BCUT2D eigenvalue weighted by atomic mass is 10.0. The van der Waals surface area contributed by atoms with Crippen LogP contribution >= 0.6 is 0 Å². The second kappa shape index (κ2) is 27.4. The van der Waals surface area contributed by atoms with E-state index in [1.165, 1.54) is 77.6 Å². The van der Waals surface area contributed by atoms with Gasteiger partial charge in [-0.2, -0.15) is 0 Å². The smallest absolute Gasteiger partial charge is 0.303 e. The minimum Gasteiger partial charge on any atom is -0.481 e. The van der Waals surface area contributed by atoms with E-state index in [2.05, 4.69) is 12.7 Å². The number of nitrogens with two attached hydrogens (primary N) is 2. The molecule has 0 aromatic carbocycles. The van der Waals surface area contributed by atoms with Crippen molar-refractivity contribution in [1.82, 2.24) is 4.90 Å². The molecule has 1 unspecified atom stereocenters. The van der Waals surface area contributed by atoms with Crippen molar-refractivity contribution in [1.29, 1.82) is 0 Å². The first kappa shape index (κ1) is 35.0. The summed E-state index contributed by atoms with van der Waals surface area (Å²) in [5.41, 5.74) is 9.58. The number of hydrogen-bond acceptors (Lipinski definition) is 4. The molecule has 0 bridgehead atoms. The molecule has 2 amide bonds. The number of carbonyl (C=O) groups excluding carboxylic acids is 2. The van der Waals surface area contributed by atoms with Crippen LogP contribution in [0.1, 0.15) is 125 Å². The predicted octanol–water partition coefficient (Wildman–Crippen LogP) is 5.25. The zero-order valence-electron chi connectivity index (χ0n) is 21.7. The van der Waals surface area contributed by atoms with E-state index in [0.717, 1.165) is 25.9 Å². The molecule has 0 aliphatic rings. The molecular weight excluding hydrogens is 406 g/mol. The third-order valence-corrected chi connectivity index (χ3v) is 5.27. The average Bonchev–Trinajstić information content (AvgIpc) is 2.72. The molecule has 0 fully saturated rings. The van der Waals surface area contributed by atoms with Gasteiger partial charge < -0.3 is 16.6 Å². The third kappa shape index (κ3) is 33.0. The molecule has 0 heterocycles. The van der Waals surface area contributed by atoms with E-state index in [1.54, 1.807) is 0 Å². The van der Waals surface area contributed by atoms with Crippen LogP contribution in [0, 0.1) is 0 Å². The van der Waals surface area contributed by atoms with Crippen LogP contribution in [0.3, 0.4) is 0 Å². The molecule has 0 rings (SSSR count). The summed E-state index contributed by atoms with van der Waals surface area (Å²) in [5.74, 6) is -1.23. The standard InChI is InChI=1S/C16H32O2.C7H16N2O.C2H5NO/c1-2-3-4-5-6-7-8-9-10-11-12-13-14-15-16(17)18;1-4-9(5-2)6(3)7(8)10;1-2(3)4/h2-15H2,1H3,(H,17,18);6H,4-5H2,1-3H3,(H2,8,10);1H3,(H2,3,4). The average molecular weight is 460 g/mol. The van der Waals surface area contributed by atoms with Crippen LogP contribution in [0.4, 0.5) is 0 Å². The Hall–Kier alpha value is -1.63. The Kier molecular flexibility index (Phi) is 29.9. The number of primary amides is 2. The number of rotatable bonds is 18. The molecule has 0 radical (unpaired) electrons. The topological polar surface area (TPSA) is 127 Å². The van der Waals surface area contributed by atoms with Crippen LogP contribution in [0.25, 0.3) is 0 Å². The largest absolute Gasteiger partial charge is 0.481 e. The maximum atomic E-state index is 10.6. The van der Waals surface area contributed by atoms with Crippen molar-refractivity contribution in [3.8, 4) is 0 Å². The zero-order chi connectivity index (χ0) is 25.2. The lowest BCUT2D eigenvalue weighted by molar-refractivity contribution is -0.137. The maximum absolute atomic E-state index is 10.6. The minimum absolute atomic E-state index is 0.130. The summed E-state index contributed by atoms with van der Waals surface area (Å²) >= 11 is 0. The number of carbonyl (C=O) groups is 3. The van der Waals surface area contributed by atoms with Gasteiger partial charge in [-0.1, -0.05) is 97.8 Å². The Morgan fingerprint density at radius 1 is 0.719 bits per heavy atom. The first-order chi connectivity index (χ1) is 15.1. The lowest BCUT2D eigenvalue weighted by Crippen LogP contribution is -2.42. The molecule has 0 aromatic heterocycles. The molecule has 0 saturated carbocycles. The van der Waals surface area contributed by atoms with Gasteiger partial charge >= 0.3 is 5.97 Å². The van der Waals surface area contributed by atoms with E-state index in [4.69, 9.17) is 10.8 Å². The second-order valence-corrected chi connectivity index (χ2v) is 8.30. The summed E-state index contributed by atoms with van der Waals surface area (Å²) < 4.78 is 0. The highest BCUT2D eigenvalue weighted by Crippen LogP contribution is 2.12. The molecule has 0 aliphatic carbocycles. The summed E-state index contributed by atoms with van der Waals surface area (Å²) in [4.78, 5) is 32.2. The second-order valence-electron chi connectivity index (χ2n) is 8.30. The summed E-state index contributed by atoms with van der Waals surface area (Å²) in [6, 6.07) is -0.130. The van der Waals surface area contributed by atoms with Crippen LogP contribution in [-0.4, -0.2) is 46.9 Å². The molecule has 5 N–H and O–H groups in total. The number of unbranched alkanes of at least 4 members (excludes halogenated alkanes) is 12. The van der Waals surface area contributed by atoms with Crippen LogP contribution in [0.2, 0.25) is 0 Å². The van der Waals surface area contributed by atoms with Gasteiger partial charge in [-0.05, 0) is 26.4 Å². The number of hydrogen-bond donors (Lipinski definition) is 3. The quantitative estimate of drug-likeness (QED) is 0.241. The van der Waals surface area contributed by atoms with Gasteiger partial charge in [0.2, 0.25) is 11.8 Å². The summed E-state index contributed by atoms with van der Waals surface area (Å²) in [7, 11) is 0. The molecule has 0 aliphatic heterocycles. The number of carboxylic acids is 1. The van der Waals surface area contributed by atoms with E-state index in [-0.39, 0.29) is 17.9 Å². The zero-order valence-corrected chi connectivity index (χ0v) is 21.7. The summed E-state index contributed by atoms with van der Waals surface area (Å²) in [5, 5.41) is 8.49. The Balaban J connectivity index is -0.000000502.